The lowest BCUT2D eigenvalue weighted by molar-refractivity contribution is -0.117. The number of aliphatic hydroxyl groups is 1. The van der Waals surface area contributed by atoms with Gasteiger partial charge in [0.25, 0.3) is 5.91 Å². The van der Waals surface area contributed by atoms with E-state index < -0.39 is 0 Å². The van der Waals surface area contributed by atoms with Crippen molar-refractivity contribution in [1.29, 1.82) is 0 Å². The summed E-state index contributed by atoms with van der Waals surface area (Å²) in [5.74, 6) is -0.140. The molecule has 1 saturated heterocycles. The van der Waals surface area contributed by atoms with Gasteiger partial charge in [-0.1, -0.05) is 12.1 Å². The number of benzene rings is 1. The second kappa shape index (κ2) is 6.72. The molecule has 0 spiro atoms. The number of anilines is 1. The second-order valence-electron chi connectivity index (χ2n) is 5.25. The van der Waals surface area contributed by atoms with Crippen molar-refractivity contribution in [1.82, 2.24) is 4.90 Å². The van der Waals surface area contributed by atoms with Crippen molar-refractivity contribution in [2.75, 3.05) is 31.1 Å². The van der Waals surface area contributed by atoms with Crippen LogP contribution < -0.4 is 4.90 Å². The van der Waals surface area contributed by atoms with Crippen molar-refractivity contribution in [2.45, 2.75) is 20.3 Å². The zero-order chi connectivity index (χ0) is 15.4. The summed E-state index contributed by atoms with van der Waals surface area (Å²) < 4.78 is 0. The average molecular weight is 290 g/mol. The first-order valence-electron chi connectivity index (χ1n) is 7.41. The third-order valence-corrected chi connectivity index (χ3v) is 3.94. The van der Waals surface area contributed by atoms with E-state index in [4.69, 9.17) is 0 Å². The highest BCUT2D eigenvalue weighted by atomic mass is 16.3. The number of hydrogen-bond acceptors (Lipinski definition) is 3. The maximum atomic E-state index is 12.6. The Morgan fingerprint density at radius 1 is 1.33 bits per heavy atom. The maximum Gasteiger partial charge on any atom is 0.255 e. The van der Waals surface area contributed by atoms with Crippen molar-refractivity contribution in [3.05, 3.63) is 29.8 Å². The Morgan fingerprint density at radius 2 is 2.00 bits per heavy atom. The Hall–Kier alpha value is -1.88. The van der Waals surface area contributed by atoms with Gasteiger partial charge in [0, 0.05) is 38.6 Å². The Balaban J connectivity index is 2.33. The van der Waals surface area contributed by atoms with Gasteiger partial charge in [0.1, 0.15) is 0 Å². The van der Waals surface area contributed by atoms with Crippen LogP contribution in [0.1, 0.15) is 30.6 Å². The number of carbonyl (C=O) groups excluding carboxylic acids is 2. The molecular formula is C16H22N2O3. The zero-order valence-electron chi connectivity index (χ0n) is 12.6. The Morgan fingerprint density at radius 3 is 2.57 bits per heavy atom. The SMILES string of the molecule is CCN(CC)C(=O)c1ccccc1N1CC(CO)CC1=O. The highest BCUT2D eigenvalue weighted by molar-refractivity contribution is 6.05. The molecule has 2 amide bonds. The molecule has 1 fully saturated rings. The quantitative estimate of drug-likeness (QED) is 0.894. The molecule has 1 aromatic rings. The summed E-state index contributed by atoms with van der Waals surface area (Å²) in [7, 11) is 0. The minimum Gasteiger partial charge on any atom is -0.396 e. The van der Waals surface area contributed by atoms with Crippen molar-refractivity contribution < 1.29 is 14.7 Å². The molecule has 5 nitrogen and oxygen atoms in total. The van der Waals surface area contributed by atoms with Crippen LogP contribution in [-0.4, -0.2) is 48.1 Å². The van der Waals surface area contributed by atoms with Gasteiger partial charge in [-0.25, -0.2) is 0 Å². The first-order valence-corrected chi connectivity index (χ1v) is 7.41. The lowest BCUT2D eigenvalue weighted by atomic mass is 10.1. The van der Waals surface area contributed by atoms with Gasteiger partial charge in [0.05, 0.1) is 11.3 Å². The van der Waals surface area contributed by atoms with Crippen LogP contribution in [0.25, 0.3) is 0 Å². The van der Waals surface area contributed by atoms with Gasteiger partial charge in [0.15, 0.2) is 0 Å². The topological polar surface area (TPSA) is 60.9 Å². The number of rotatable bonds is 5. The number of para-hydroxylation sites is 1. The van der Waals surface area contributed by atoms with Gasteiger partial charge in [-0.15, -0.1) is 0 Å². The minimum atomic E-state index is -0.0594. The third kappa shape index (κ3) is 3.08. The van der Waals surface area contributed by atoms with Crippen LogP contribution in [0.4, 0.5) is 5.69 Å². The van der Waals surface area contributed by atoms with Crippen LogP contribution in [0.15, 0.2) is 24.3 Å². The van der Waals surface area contributed by atoms with Crippen LogP contribution in [0, 0.1) is 5.92 Å². The van der Waals surface area contributed by atoms with E-state index in [0.717, 1.165) is 0 Å². The molecule has 1 atom stereocenters. The fourth-order valence-electron chi connectivity index (χ4n) is 2.71. The minimum absolute atomic E-state index is 0.00556. The van der Waals surface area contributed by atoms with Crippen LogP contribution in [0.2, 0.25) is 0 Å². The molecule has 1 aliphatic heterocycles. The van der Waals surface area contributed by atoms with E-state index in [-0.39, 0.29) is 24.3 Å². The van der Waals surface area contributed by atoms with Crippen LogP contribution in [-0.2, 0) is 4.79 Å². The number of carbonyl (C=O) groups is 2. The molecule has 2 rings (SSSR count). The fourth-order valence-corrected chi connectivity index (χ4v) is 2.71. The molecule has 1 unspecified atom stereocenters. The van der Waals surface area contributed by atoms with Gasteiger partial charge in [0.2, 0.25) is 5.91 Å². The summed E-state index contributed by atoms with van der Waals surface area (Å²) in [4.78, 5) is 28.1. The highest BCUT2D eigenvalue weighted by Crippen LogP contribution is 2.28. The molecule has 0 saturated carbocycles. The Labute approximate surface area is 125 Å². The fraction of sp³-hybridized carbons (Fsp3) is 0.500. The lowest BCUT2D eigenvalue weighted by Gasteiger charge is -2.24. The molecule has 114 valence electrons. The predicted molar refractivity (Wildman–Crippen MR) is 81.2 cm³/mol. The normalized spacial score (nSPS) is 18.1. The van der Waals surface area contributed by atoms with E-state index in [0.29, 0.717) is 37.3 Å². The molecule has 0 aliphatic carbocycles. The molecule has 1 N–H and O–H groups in total. The monoisotopic (exact) mass is 290 g/mol. The lowest BCUT2D eigenvalue weighted by Crippen LogP contribution is -2.33. The molecule has 5 heteroatoms. The van der Waals surface area contributed by atoms with Gasteiger partial charge >= 0.3 is 0 Å². The van der Waals surface area contributed by atoms with Gasteiger partial charge in [-0.2, -0.15) is 0 Å². The number of nitrogens with zero attached hydrogens (tertiary/aromatic N) is 2. The molecular weight excluding hydrogens is 268 g/mol. The van der Waals surface area contributed by atoms with E-state index in [1.807, 2.05) is 26.0 Å². The van der Waals surface area contributed by atoms with Crippen molar-refractivity contribution in [2.24, 2.45) is 5.92 Å². The molecule has 1 aliphatic rings. The zero-order valence-corrected chi connectivity index (χ0v) is 12.6. The van der Waals surface area contributed by atoms with E-state index in [1.54, 1.807) is 21.9 Å². The van der Waals surface area contributed by atoms with Gasteiger partial charge < -0.3 is 14.9 Å². The molecule has 1 heterocycles. The third-order valence-electron chi connectivity index (χ3n) is 3.94. The van der Waals surface area contributed by atoms with Crippen LogP contribution in [0.3, 0.4) is 0 Å². The maximum absolute atomic E-state index is 12.6. The second-order valence-corrected chi connectivity index (χ2v) is 5.25. The summed E-state index contributed by atoms with van der Waals surface area (Å²) in [5, 5.41) is 9.24. The van der Waals surface area contributed by atoms with Crippen molar-refractivity contribution >= 4 is 17.5 Å². The molecule has 0 aromatic heterocycles. The number of amides is 2. The first-order chi connectivity index (χ1) is 10.1. The largest absolute Gasteiger partial charge is 0.396 e. The van der Waals surface area contributed by atoms with Gasteiger partial charge in [-0.3, -0.25) is 9.59 Å². The molecule has 0 radical (unpaired) electrons. The summed E-state index contributed by atoms with van der Waals surface area (Å²) in [6, 6.07) is 7.20. The Kier molecular flexibility index (Phi) is 4.96. The molecule has 1 aromatic carbocycles. The first kappa shape index (κ1) is 15.5. The van der Waals surface area contributed by atoms with Gasteiger partial charge in [-0.05, 0) is 26.0 Å². The van der Waals surface area contributed by atoms with Crippen LogP contribution in [0.5, 0.6) is 0 Å². The van der Waals surface area contributed by atoms with Crippen molar-refractivity contribution in [3.8, 4) is 0 Å². The summed E-state index contributed by atoms with van der Waals surface area (Å²) in [6.45, 7) is 5.61. The Bertz CT molecular complexity index is 526. The van der Waals surface area contributed by atoms with E-state index in [1.165, 1.54) is 0 Å². The average Bonchev–Trinajstić information content (AvgIpc) is 2.89. The summed E-state index contributed by atoms with van der Waals surface area (Å²) in [6.07, 6.45) is 0.338. The van der Waals surface area contributed by atoms with E-state index in [2.05, 4.69) is 0 Å². The molecule has 0 bridgehead atoms. The van der Waals surface area contributed by atoms with E-state index in [9.17, 15) is 14.7 Å². The smallest absolute Gasteiger partial charge is 0.255 e. The summed E-state index contributed by atoms with van der Waals surface area (Å²) in [5.41, 5.74) is 1.20. The van der Waals surface area contributed by atoms with E-state index >= 15 is 0 Å². The summed E-state index contributed by atoms with van der Waals surface area (Å²) >= 11 is 0. The number of aliphatic hydroxyl groups excluding tert-OH is 1. The predicted octanol–water partition coefficient (Wildman–Crippen LogP) is 1.51. The van der Waals surface area contributed by atoms with Crippen LogP contribution >= 0.6 is 0 Å². The highest BCUT2D eigenvalue weighted by Gasteiger charge is 2.32. The van der Waals surface area contributed by atoms with Crippen molar-refractivity contribution in [3.63, 3.8) is 0 Å². The standard InChI is InChI=1S/C16H22N2O3/c1-3-17(4-2)16(21)13-7-5-6-8-14(13)18-10-12(11-19)9-15(18)20/h5-8,12,19H,3-4,9-11H2,1-2H3. The molecule has 21 heavy (non-hydrogen) atoms. The number of hydrogen-bond donors (Lipinski definition) is 1.